The number of nitrogens with one attached hydrogen (secondary N) is 2. The van der Waals surface area contributed by atoms with E-state index in [-0.39, 0.29) is 30.5 Å². The molecular formula is C23H36FN7O4. The first-order valence-electron chi connectivity index (χ1n) is 12.3. The van der Waals surface area contributed by atoms with E-state index in [0.717, 1.165) is 32.1 Å². The molecule has 194 valence electrons. The van der Waals surface area contributed by atoms with Gasteiger partial charge in [-0.1, -0.05) is 32.6 Å². The standard InChI is InChI=1S/C23H36FN7O4/c1-4-18-25-20(19(24)21(26-18)31-11-7-10-17(31)23(34)29(2)3)27-28-22(33)16(13-30(35)14-32)12-15-8-5-6-9-15/h14-17,35H,4-13H2,1-3H3,(H,28,33)(H,25,26,27)/t16?,17-/m0/s1. The molecule has 2 aliphatic rings. The van der Waals surface area contributed by atoms with Gasteiger partial charge in [-0.25, -0.2) is 15.0 Å². The molecule has 3 amide bonds. The number of hydroxylamine groups is 2. The van der Waals surface area contributed by atoms with Crippen LogP contribution in [0, 0.1) is 17.7 Å². The van der Waals surface area contributed by atoms with Crippen molar-refractivity contribution < 1.29 is 24.0 Å². The molecule has 1 saturated heterocycles. The summed E-state index contributed by atoms with van der Waals surface area (Å²) in [6, 6.07) is -0.517. The van der Waals surface area contributed by atoms with Gasteiger partial charge in [-0.15, -0.1) is 0 Å². The number of anilines is 2. The van der Waals surface area contributed by atoms with Gasteiger partial charge in [-0.3, -0.25) is 30.4 Å². The number of hydrazine groups is 1. The molecular weight excluding hydrogens is 457 g/mol. The fraction of sp³-hybridized carbons (Fsp3) is 0.696. The fourth-order valence-corrected chi connectivity index (χ4v) is 4.89. The van der Waals surface area contributed by atoms with E-state index in [0.29, 0.717) is 42.6 Å². The molecule has 1 unspecified atom stereocenters. The number of amides is 3. The van der Waals surface area contributed by atoms with Crippen LogP contribution >= 0.6 is 0 Å². The average molecular weight is 494 g/mol. The van der Waals surface area contributed by atoms with Crippen molar-refractivity contribution in [2.45, 2.75) is 64.3 Å². The van der Waals surface area contributed by atoms with Crippen molar-refractivity contribution in [3.63, 3.8) is 0 Å². The van der Waals surface area contributed by atoms with Crippen LogP contribution in [0.15, 0.2) is 0 Å². The normalized spacial score (nSPS) is 18.9. The van der Waals surface area contributed by atoms with E-state index in [9.17, 15) is 19.6 Å². The van der Waals surface area contributed by atoms with E-state index < -0.39 is 23.7 Å². The first kappa shape index (κ1) is 26.6. The first-order valence-corrected chi connectivity index (χ1v) is 12.3. The second-order valence-corrected chi connectivity index (χ2v) is 9.49. The maximum absolute atomic E-state index is 15.5. The molecule has 0 radical (unpaired) electrons. The quantitative estimate of drug-likeness (QED) is 0.241. The molecule has 3 rings (SSSR count). The molecule has 0 aromatic carbocycles. The molecule has 3 N–H and O–H groups in total. The second kappa shape index (κ2) is 12.1. The lowest BCUT2D eigenvalue weighted by atomic mass is 9.92. The van der Waals surface area contributed by atoms with Crippen LogP contribution < -0.4 is 15.8 Å². The minimum Gasteiger partial charge on any atom is -0.347 e. The zero-order valence-corrected chi connectivity index (χ0v) is 20.7. The fourth-order valence-electron chi connectivity index (χ4n) is 4.89. The number of likely N-dealkylation sites (N-methyl/N-ethyl adjacent to an activating group) is 1. The number of hydrogen-bond acceptors (Lipinski definition) is 8. The van der Waals surface area contributed by atoms with Crippen LogP contribution in [0.3, 0.4) is 0 Å². The number of carbonyl (C=O) groups excluding carboxylic acids is 3. The molecule has 2 heterocycles. The van der Waals surface area contributed by atoms with Gasteiger partial charge in [0, 0.05) is 27.1 Å². The number of aryl methyl sites for hydroxylation is 1. The van der Waals surface area contributed by atoms with Crippen LogP contribution in [-0.4, -0.2) is 76.6 Å². The second-order valence-electron chi connectivity index (χ2n) is 9.49. The summed E-state index contributed by atoms with van der Waals surface area (Å²) in [7, 11) is 3.32. The number of nitrogens with zero attached hydrogens (tertiary/aromatic N) is 5. The molecule has 1 aliphatic heterocycles. The molecule has 1 aliphatic carbocycles. The summed E-state index contributed by atoms with van der Waals surface area (Å²) >= 11 is 0. The summed E-state index contributed by atoms with van der Waals surface area (Å²) < 4.78 is 15.5. The number of halogens is 1. The van der Waals surface area contributed by atoms with Crippen LogP contribution in [0.5, 0.6) is 0 Å². The van der Waals surface area contributed by atoms with Crippen molar-refractivity contribution >= 4 is 29.9 Å². The van der Waals surface area contributed by atoms with Gasteiger partial charge in [-0.05, 0) is 25.2 Å². The van der Waals surface area contributed by atoms with Gasteiger partial charge in [0.2, 0.25) is 24.0 Å². The van der Waals surface area contributed by atoms with Gasteiger partial charge in [0.1, 0.15) is 11.9 Å². The minimum absolute atomic E-state index is 0.0243. The molecule has 11 nitrogen and oxygen atoms in total. The Hall–Kier alpha value is -3.02. The smallest absolute Gasteiger partial charge is 0.244 e. The summed E-state index contributed by atoms with van der Waals surface area (Å²) in [4.78, 5) is 48.1. The average Bonchev–Trinajstić information content (AvgIpc) is 3.54. The molecule has 1 saturated carbocycles. The molecule has 35 heavy (non-hydrogen) atoms. The van der Waals surface area contributed by atoms with Gasteiger partial charge < -0.3 is 9.80 Å². The molecule has 0 bridgehead atoms. The monoisotopic (exact) mass is 493 g/mol. The molecule has 2 atom stereocenters. The predicted octanol–water partition coefficient (Wildman–Crippen LogP) is 1.72. The summed E-state index contributed by atoms with van der Waals surface area (Å²) in [5.41, 5.74) is 5.08. The topological polar surface area (TPSA) is 131 Å². The highest BCUT2D eigenvalue weighted by atomic mass is 19.1. The van der Waals surface area contributed by atoms with E-state index in [4.69, 9.17) is 0 Å². The Morgan fingerprint density at radius 3 is 2.57 bits per heavy atom. The van der Waals surface area contributed by atoms with Gasteiger partial charge in [-0.2, -0.15) is 4.39 Å². The third-order valence-corrected chi connectivity index (χ3v) is 6.74. The number of aromatic nitrogens is 2. The summed E-state index contributed by atoms with van der Waals surface area (Å²) in [5.74, 6) is -1.50. The highest BCUT2D eigenvalue weighted by Crippen LogP contribution is 2.32. The van der Waals surface area contributed by atoms with Crippen LogP contribution in [0.4, 0.5) is 16.0 Å². The third kappa shape index (κ3) is 6.56. The minimum atomic E-state index is -0.759. The van der Waals surface area contributed by atoms with E-state index >= 15 is 4.39 Å². The maximum atomic E-state index is 15.5. The summed E-state index contributed by atoms with van der Waals surface area (Å²) in [5, 5.41) is 10.1. The Bertz CT molecular complexity index is 910. The molecule has 12 heteroatoms. The zero-order chi connectivity index (χ0) is 25.5. The molecule has 0 spiro atoms. The van der Waals surface area contributed by atoms with E-state index in [1.807, 2.05) is 6.92 Å². The lowest BCUT2D eigenvalue weighted by molar-refractivity contribution is -0.154. The predicted molar refractivity (Wildman–Crippen MR) is 127 cm³/mol. The number of hydrogen-bond donors (Lipinski definition) is 3. The number of carbonyl (C=O) groups is 3. The van der Waals surface area contributed by atoms with Crippen LogP contribution in [0.1, 0.15) is 57.7 Å². The van der Waals surface area contributed by atoms with Crippen molar-refractivity contribution in [2.75, 3.05) is 37.5 Å². The lowest BCUT2D eigenvalue weighted by Gasteiger charge is -2.28. The Balaban J connectivity index is 1.78. The van der Waals surface area contributed by atoms with E-state index in [1.54, 1.807) is 19.0 Å². The summed E-state index contributed by atoms with van der Waals surface area (Å²) in [6.07, 6.45) is 6.70. The van der Waals surface area contributed by atoms with Gasteiger partial charge in [0.15, 0.2) is 11.6 Å². The lowest BCUT2D eigenvalue weighted by Crippen LogP contribution is -2.44. The summed E-state index contributed by atoms with van der Waals surface area (Å²) in [6.45, 7) is 2.15. The third-order valence-electron chi connectivity index (χ3n) is 6.74. The maximum Gasteiger partial charge on any atom is 0.244 e. The van der Waals surface area contributed by atoms with Crippen molar-refractivity contribution in [1.82, 2.24) is 25.4 Å². The van der Waals surface area contributed by atoms with Gasteiger partial charge >= 0.3 is 0 Å². The van der Waals surface area contributed by atoms with Crippen LogP contribution in [0.2, 0.25) is 0 Å². The number of rotatable bonds is 11. The molecule has 1 aromatic heterocycles. The molecule has 1 aromatic rings. The van der Waals surface area contributed by atoms with Gasteiger partial charge in [0.25, 0.3) is 0 Å². The van der Waals surface area contributed by atoms with Gasteiger partial charge in [0.05, 0.1) is 12.5 Å². The largest absolute Gasteiger partial charge is 0.347 e. The first-order chi connectivity index (χ1) is 16.7. The Morgan fingerprint density at radius 1 is 1.23 bits per heavy atom. The SMILES string of the molecule is CCc1nc(NNC(=O)C(CC2CCCC2)CN(O)C=O)c(F)c(N2CCC[C@H]2C(=O)N(C)C)n1. The zero-order valence-electron chi connectivity index (χ0n) is 20.7. The van der Waals surface area contributed by atoms with Crippen molar-refractivity contribution in [3.8, 4) is 0 Å². The van der Waals surface area contributed by atoms with Crippen LogP contribution in [0.25, 0.3) is 0 Å². The Labute approximate surface area is 205 Å². The van der Waals surface area contributed by atoms with Crippen LogP contribution in [-0.2, 0) is 20.8 Å². The van der Waals surface area contributed by atoms with Crippen molar-refractivity contribution in [3.05, 3.63) is 11.6 Å². The van der Waals surface area contributed by atoms with Crippen molar-refractivity contribution in [2.24, 2.45) is 11.8 Å². The van der Waals surface area contributed by atoms with Crippen molar-refractivity contribution in [1.29, 1.82) is 0 Å². The Morgan fingerprint density at radius 2 is 1.94 bits per heavy atom. The van der Waals surface area contributed by atoms with E-state index in [2.05, 4.69) is 20.8 Å². The van der Waals surface area contributed by atoms with E-state index in [1.165, 1.54) is 4.90 Å². The Kier molecular flexibility index (Phi) is 9.19. The highest BCUT2D eigenvalue weighted by molar-refractivity contribution is 5.85. The highest BCUT2D eigenvalue weighted by Gasteiger charge is 2.35. The molecule has 2 fully saturated rings.